The van der Waals surface area contributed by atoms with Crippen LogP contribution >= 0.6 is 15.9 Å². The third-order valence-electron chi connectivity index (χ3n) is 3.55. The van der Waals surface area contributed by atoms with Gasteiger partial charge in [-0.15, -0.1) is 0 Å². The minimum atomic E-state index is -0.332. The number of nitrogens with zero attached hydrogens (tertiary/aromatic N) is 2. The number of hydrogen-bond donors (Lipinski definition) is 0. The van der Waals surface area contributed by atoms with E-state index in [4.69, 9.17) is 9.15 Å². The number of rotatable bonds is 3. The first kappa shape index (κ1) is 15.8. The fraction of sp³-hybridized carbons (Fsp3) is 0.235. The SMILES string of the molecule is N#C/C(=C\c1cc(Br)c(N2CCOCC2)o1)c1ccc(F)cc1. The molecule has 0 amide bonds. The number of nitriles is 1. The van der Waals surface area contributed by atoms with Crippen LogP contribution in [0, 0.1) is 17.1 Å². The maximum atomic E-state index is 13.0. The van der Waals surface area contributed by atoms with E-state index in [2.05, 4.69) is 26.9 Å². The van der Waals surface area contributed by atoms with E-state index in [1.165, 1.54) is 12.1 Å². The monoisotopic (exact) mass is 376 g/mol. The van der Waals surface area contributed by atoms with Gasteiger partial charge in [-0.1, -0.05) is 12.1 Å². The molecule has 4 nitrogen and oxygen atoms in total. The molecule has 2 aromatic rings. The lowest BCUT2D eigenvalue weighted by molar-refractivity contribution is 0.120. The number of allylic oxidation sites excluding steroid dienone is 1. The predicted octanol–water partition coefficient (Wildman–Crippen LogP) is 4.08. The van der Waals surface area contributed by atoms with Gasteiger partial charge in [0.25, 0.3) is 0 Å². The molecule has 0 spiro atoms. The third-order valence-corrected chi connectivity index (χ3v) is 4.12. The lowest BCUT2D eigenvalue weighted by Gasteiger charge is -2.26. The molecule has 0 N–H and O–H groups in total. The molecule has 2 heterocycles. The number of anilines is 1. The van der Waals surface area contributed by atoms with Gasteiger partial charge in [0.2, 0.25) is 5.88 Å². The Morgan fingerprint density at radius 2 is 1.96 bits per heavy atom. The van der Waals surface area contributed by atoms with Gasteiger partial charge in [0.15, 0.2) is 0 Å². The van der Waals surface area contributed by atoms with Crippen molar-refractivity contribution >= 4 is 33.5 Å². The minimum absolute atomic E-state index is 0.332. The Labute approximate surface area is 141 Å². The molecule has 1 fully saturated rings. The van der Waals surface area contributed by atoms with Crippen LogP contribution in [0.1, 0.15) is 11.3 Å². The molecule has 0 bridgehead atoms. The first-order chi connectivity index (χ1) is 11.2. The summed E-state index contributed by atoms with van der Waals surface area (Å²) in [5, 5.41) is 9.34. The molecular weight excluding hydrogens is 363 g/mol. The van der Waals surface area contributed by atoms with E-state index >= 15 is 0 Å². The van der Waals surface area contributed by atoms with Crippen molar-refractivity contribution in [2.75, 3.05) is 31.2 Å². The molecular formula is C17H14BrFN2O2. The third kappa shape index (κ3) is 3.63. The second-order valence-corrected chi connectivity index (χ2v) is 5.93. The summed E-state index contributed by atoms with van der Waals surface area (Å²) in [5.41, 5.74) is 1.06. The lowest BCUT2D eigenvalue weighted by Crippen LogP contribution is -2.36. The maximum Gasteiger partial charge on any atom is 0.210 e. The summed E-state index contributed by atoms with van der Waals surface area (Å²) in [4.78, 5) is 2.09. The molecule has 1 aliphatic heterocycles. The average molecular weight is 377 g/mol. The zero-order valence-corrected chi connectivity index (χ0v) is 13.8. The van der Waals surface area contributed by atoms with Crippen LogP contribution in [0.15, 0.2) is 39.2 Å². The number of ether oxygens (including phenoxy) is 1. The summed E-state index contributed by atoms with van der Waals surface area (Å²) in [7, 11) is 0. The Hall–Kier alpha value is -2.10. The van der Waals surface area contributed by atoms with Crippen LogP contribution in [0.3, 0.4) is 0 Å². The van der Waals surface area contributed by atoms with Gasteiger partial charge in [-0.3, -0.25) is 0 Å². The summed E-state index contributed by atoms with van der Waals surface area (Å²) in [6.07, 6.45) is 1.65. The van der Waals surface area contributed by atoms with Gasteiger partial charge in [-0.2, -0.15) is 5.26 Å². The van der Waals surface area contributed by atoms with Crippen LogP contribution in [-0.2, 0) is 4.74 Å². The van der Waals surface area contributed by atoms with Crippen LogP contribution in [0.5, 0.6) is 0 Å². The van der Waals surface area contributed by atoms with E-state index in [9.17, 15) is 9.65 Å². The fourth-order valence-corrected chi connectivity index (χ4v) is 2.94. The standard InChI is InChI=1S/C17H14BrFN2O2/c18-16-10-15(23-17(16)21-5-7-22-8-6-21)9-13(11-20)12-1-3-14(19)4-2-12/h1-4,9-10H,5-8H2/b13-9+. The van der Waals surface area contributed by atoms with E-state index in [-0.39, 0.29) is 5.82 Å². The zero-order valence-electron chi connectivity index (χ0n) is 12.3. The van der Waals surface area contributed by atoms with E-state index in [1.54, 1.807) is 18.2 Å². The Balaban J connectivity index is 1.88. The van der Waals surface area contributed by atoms with Crippen molar-refractivity contribution < 1.29 is 13.5 Å². The topological polar surface area (TPSA) is 49.4 Å². The Morgan fingerprint density at radius 1 is 1.26 bits per heavy atom. The molecule has 23 heavy (non-hydrogen) atoms. The van der Waals surface area contributed by atoms with Gasteiger partial charge in [0, 0.05) is 19.2 Å². The van der Waals surface area contributed by atoms with Crippen molar-refractivity contribution in [3.05, 3.63) is 51.9 Å². The molecule has 0 unspecified atom stereocenters. The number of morpholine rings is 1. The highest BCUT2D eigenvalue weighted by molar-refractivity contribution is 9.10. The van der Waals surface area contributed by atoms with Gasteiger partial charge in [0.1, 0.15) is 11.6 Å². The van der Waals surface area contributed by atoms with Crippen LogP contribution in [0.25, 0.3) is 11.6 Å². The second-order valence-electron chi connectivity index (χ2n) is 5.08. The summed E-state index contributed by atoms with van der Waals surface area (Å²) < 4.78 is 25.0. The zero-order chi connectivity index (χ0) is 16.2. The number of benzene rings is 1. The number of hydrogen-bond acceptors (Lipinski definition) is 4. The van der Waals surface area contributed by atoms with Crippen molar-refractivity contribution in [2.24, 2.45) is 0 Å². The molecule has 3 rings (SSSR count). The number of halogens is 2. The van der Waals surface area contributed by atoms with Gasteiger partial charge >= 0.3 is 0 Å². The lowest BCUT2D eigenvalue weighted by atomic mass is 10.1. The summed E-state index contributed by atoms with van der Waals surface area (Å²) in [6.45, 7) is 2.85. The van der Waals surface area contributed by atoms with Gasteiger partial charge in [0.05, 0.1) is 29.3 Å². The highest BCUT2D eigenvalue weighted by Crippen LogP contribution is 2.32. The largest absolute Gasteiger partial charge is 0.440 e. The highest BCUT2D eigenvalue weighted by atomic mass is 79.9. The Kier molecular flexibility index (Phi) is 4.79. The molecule has 1 aromatic carbocycles. The molecule has 0 radical (unpaired) electrons. The molecule has 1 aliphatic rings. The molecule has 0 atom stereocenters. The first-order valence-electron chi connectivity index (χ1n) is 7.17. The molecule has 0 saturated carbocycles. The van der Waals surface area contributed by atoms with Gasteiger partial charge in [-0.25, -0.2) is 4.39 Å². The highest BCUT2D eigenvalue weighted by Gasteiger charge is 2.18. The summed E-state index contributed by atoms with van der Waals surface area (Å²) in [5.74, 6) is 0.969. The van der Waals surface area contributed by atoms with Crippen molar-refractivity contribution in [1.29, 1.82) is 5.26 Å². The smallest absolute Gasteiger partial charge is 0.210 e. The predicted molar refractivity (Wildman–Crippen MR) is 89.3 cm³/mol. The maximum absolute atomic E-state index is 13.0. The Morgan fingerprint density at radius 3 is 2.61 bits per heavy atom. The van der Waals surface area contributed by atoms with E-state index in [0.717, 1.165) is 23.4 Å². The average Bonchev–Trinajstić information content (AvgIpc) is 2.95. The van der Waals surface area contributed by atoms with Crippen LogP contribution in [0.4, 0.5) is 10.3 Å². The summed E-state index contributed by atoms with van der Waals surface area (Å²) in [6, 6.07) is 9.76. The van der Waals surface area contributed by atoms with Crippen molar-refractivity contribution in [3.8, 4) is 6.07 Å². The van der Waals surface area contributed by atoms with E-state index in [0.29, 0.717) is 30.1 Å². The van der Waals surface area contributed by atoms with Crippen LogP contribution in [-0.4, -0.2) is 26.3 Å². The van der Waals surface area contributed by atoms with Crippen LogP contribution < -0.4 is 4.90 Å². The Bertz CT molecular complexity index is 756. The van der Waals surface area contributed by atoms with Crippen LogP contribution in [0.2, 0.25) is 0 Å². The van der Waals surface area contributed by atoms with E-state index in [1.807, 2.05) is 6.07 Å². The van der Waals surface area contributed by atoms with E-state index < -0.39 is 0 Å². The van der Waals surface area contributed by atoms with Crippen molar-refractivity contribution in [3.63, 3.8) is 0 Å². The second kappa shape index (κ2) is 6.99. The quantitative estimate of drug-likeness (QED) is 0.757. The van der Waals surface area contributed by atoms with Gasteiger partial charge < -0.3 is 14.1 Å². The summed E-state index contributed by atoms with van der Waals surface area (Å²) >= 11 is 3.49. The fourth-order valence-electron chi connectivity index (χ4n) is 2.38. The number of furan rings is 1. The van der Waals surface area contributed by atoms with Crippen molar-refractivity contribution in [2.45, 2.75) is 0 Å². The minimum Gasteiger partial charge on any atom is -0.440 e. The first-order valence-corrected chi connectivity index (χ1v) is 7.96. The molecule has 1 saturated heterocycles. The normalized spacial score (nSPS) is 15.5. The molecule has 118 valence electrons. The van der Waals surface area contributed by atoms with Crippen molar-refractivity contribution in [1.82, 2.24) is 0 Å². The van der Waals surface area contributed by atoms with Gasteiger partial charge in [-0.05, 0) is 39.7 Å². The molecule has 0 aliphatic carbocycles. The molecule has 6 heteroatoms. The molecule has 1 aromatic heterocycles.